The maximum Gasteiger partial charge on any atom is 0.311 e. The molecule has 0 unspecified atom stereocenters. The lowest BCUT2D eigenvalue weighted by Crippen LogP contribution is -2.57. The quantitative estimate of drug-likeness (QED) is 0.626. The summed E-state index contributed by atoms with van der Waals surface area (Å²) in [6.45, 7) is 4.15. The lowest BCUT2D eigenvalue weighted by molar-refractivity contribution is -0.387. The van der Waals surface area contributed by atoms with E-state index in [1.54, 1.807) is 12.1 Å². The number of hydrogen-bond donors (Lipinski definition) is 1. The second-order valence-electron chi connectivity index (χ2n) is 5.16. The van der Waals surface area contributed by atoms with E-state index in [0.717, 1.165) is 25.8 Å². The highest BCUT2D eigenvalue weighted by molar-refractivity contribution is 7.90. The van der Waals surface area contributed by atoms with Crippen LogP contribution in [0.3, 0.4) is 0 Å². The van der Waals surface area contributed by atoms with Crippen molar-refractivity contribution in [1.29, 1.82) is 0 Å². The number of rotatable bonds is 6. The standard InChI is InChI=1S/C13H19N3O4S/c1-3-7-15(10-8-14-9-10)11-5-4-6-12(21(2,19)20)13(11)16(17)18/h4-6,10,14H,3,7-9H2,1-2H3. The molecule has 1 aliphatic rings. The van der Waals surface area contributed by atoms with E-state index in [1.165, 1.54) is 6.07 Å². The predicted octanol–water partition coefficient (Wildman–Crippen LogP) is 1.19. The lowest BCUT2D eigenvalue weighted by Gasteiger charge is -2.39. The fourth-order valence-electron chi connectivity index (χ4n) is 2.46. The van der Waals surface area contributed by atoms with Crippen molar-refractivity contribution in [2.75, 3.05) is 30.8 Å². The second-order valence-corrected chi connectivity index (χ2v) is 7.14. The predicted molar refractivity (Wildman–Crippen MR) is 80.5 cm³/mol. The number of nitro groups is 1. The monoisotopic (exact) mass is 313 g/mol. The van der Waals surface area contributed by atoms with Crippen molar-refractivity contribution in [3.63, 3.8) is 0 Å². The van der Waals surface area contributed by atoms with Crippen LogP contribution in [-0.4, -0.2) is 45.3 Å². The smallest absolute Gasteiger partial charge is 0.311 e. The normalized spacial score (nSPS) is 15.5. The molecule has 1 aromatic rings. The molecule has 0 bridgehead atoms. The molecular formula is C13H19N3O4S. The molecule has 1 N–H and O–H groups in total. The third-order valence-electron chi connectivity index (χ3n) is 3.53. The van der Waals surface area contributed by atoms with Crippen molar-refractivity contribution in [1.82, 2.24) is 5.32 Å². The highest BCUT2D eigenvalue weighted by Gasteiger charge is 2.33. The lowest BCUT2D eigenvalue weighted by atomic mass is 10.1. The summed E-state index contributed by atoms with van der Waals surface area (Å²) in [7, 11) is -3.65. The van der Waals surface area contributed by atoms with Crippen LogP contribution in [0.15, 0.2) is 23.1 Å². The maximum atomic E-state index is 11.8. The van der Waals surface area contributed by atoms with Gasteiger partial charge >= 0.3 is 5.69 Å². The van der Waals surface area contributed by atoms with Crippen LogP contribution in [0.5, 0.6) is 0 Å². The number of hydrogen-bond acceptors (Lipinski definition) is 6. The first-order chi connectivity index (χ1) is 9.86. The molecule has 7 nitrogen and oxygen atoms in total. The molecule has 0 saturated carbocycles. The average Bonchev–Trinajstić information content (AvgIpc) is 2.34. The minimum absolute atomic E-state index is 0.165. The van der Waals surface area contributed by atoms with Gasteiger partial charge in [0.1, 0.15) is 10.6 Å². The zero-order valence-electron chi connectivity index (χ0n) is 12.1. The molecule has 21 heavy (non-hydrogen) atoms. The van der Waals surface area contributed by atoms with E-state index in [-0.39, 0.29) is 16.6 Å². The van der Waals surface area contributed by atoms with Crippen molar-refractivity contribution in [3.05, 3.63) is 28.3 Å². The Morgan fingerprint density at radius 3 is 2.52 bits per heavy atom. The summed E-state index contributed by atoms with van der Waals surface area (Å²) in [5, 5.41) is 14.6. The van der Waals surface area contributed by atoms with Crippen LogP contribution in [0.1, 0.15) is 13.3 Å². The molecule has 0 aromatic heterocycles. The largest absolute Gasteiger partial charge is 0.360 e. The van der Waals surface area contributed by atoms with Crippen LogP contribution in [0.2, 0.25) is 0 Å². The van der Waals surface area contributed by atoms with Gasteiger partial charge in [-0.05, 0) is 18.6 Å². The van der Waals surface area contributed by atoms with Crippen molar-refractivity contribution >= 4 is 21.2 Å². The molecule has 2 rings (SSSR count). The van der Waals surface area contributed by atoms with E-state index in [9.17, 15) is 18.5 Å². The zero-order chi connectivity index (χ0) is 15.6. The van der Waals surface area contributed by atoms with E-state index in [0.29, 0.717) is 12.2 Å². The van der Waals surface area contributed by atoms with Gasteiger partial charge in [0.25, 0.3) is 0 Å². The molecule has 0 atom stereocenters. The van der Waals surface area contributed by atoms with Gasteiger partial charge in [0.2, 0.25) is 0 Å². The van der Waals surface area contributed by atoms with Gasteiger partial charge in [-0.1, -0.05) is 13.0 Å². The van der Waals surface area contributed by atoms with E-state index in [1.807, 2.05) is 11.8 Å². The highest BCUT2D eigenvalue weighted by Crippen LogP contribution is 2.36. The van der Waals surface area contributed by atoms with E-state index < -0.39 is 14.8 Å². The number of nitrogens with one attached hydrogen (secondary N) is 1. The first kappa shape index (κ1) is 15.7. The number of nitro benzene ring substituents is 1. The van der Waals surface area contributed by atoms with Gasteiger partial charge in [0.05, 0.1) is 11.0 Å². The molecule has 1 aromatic carbocycles. The molecule has 1 aliphatic heterocycles. The topological polar surface area (TPSA) is 92.5 Å². The summed E-state index contributed by atoms with van der Waals surface area (Å²) < 4.78 is 23.6. The third kappa shape index (κ3) is 3.16. The van der Waals surface area contributed by atoms with Crippen molar-refractivity contribution in [2.24, 2.45) is 0 Å². The molecule has 1 saturated heterocycles. The molecule has 8 heteroatoms. The van der Waals surface area contributed by atoms with Gasteiger partial charge in [-0.3, -0.25) is 10.1 Å². The van der Waals surface area contributed by atoms with Gasteiger partial charge in [0.15, 0.2) is 9.84 Å². The van der Waals surface area contributed by atoms with E-state index in [4.69, 9.17) is 0 Å². The van der Waals surface area contributed by atoms with Gasteiger partial charge in [-0.2, -0.15) is 0 Å². The Kier molecular flexibility index (Phi) is 4.48. The third-order valence-corrected chi connectivity index (χ3v) is 4.66. The van der Waals surface area contributed by atoms with Crippen molar-refractivity contribution < 1.29 is 13.3 Å². The Labute approximate surface area is 124 Å². The average molecular weight is 313 g/mol. The van der Waals surface area contributed by atoms with Crippen LogP contribution >= 0.6 is 0 Å². The fourth-order valence-corrected chi connectivity index (χ4v) is 3.32. The SMILES string of the molecule is CCCN(c1cccc(S(C)(=O)=O)c1[N+](=O)[O-])C1CNC1. The first-order valence-corrected chi connectivity index (χ1v) is 8.70. The minimum atomic E-state index is -3.65. The number of para-hydroxylation sites is 1. The number of anilines is 1. The Hall–Kier alpha value is -1.67. The molecule has 0 spiro atoms. The Balaban J connectivity index is 2.58. The number of sulfone groups is 1. The molecule has 1 heterocycles. The van der Waals surface area contributed by atoms with Crippen LogP contribution in [0, 0.1) is 10.1 Å². The summed E-state index contributed by atoms with van der Waals surface area (Å²) in [5.74, 6) is 0. The zero-order valence-corrected chi connectivity index (χ0v) is 12.9. The van der Waals surface area contributed by atoms with Crippen LogP contribution in [0.4, 0.5) is 11.4 Å². The molecule has 0 amide bonds. The highest BCUT2D eigenvalue weighted by atomic mass is 32.2. The maximum absolute atomic E-state index is 11.8. The minimum Gasteiger partial charge on any atom is -0.360 e. The van der Waals surface area contributed by atoms with Gasteiger partial charge < -0.3 is 10.2 Å². The Morgan fingerprint density at radius 2 is 2.10 bits per heavy atom. The number of nitrogens with zero attached hydrogens (tertiary/aromatic N) is 2. The summed E-state index contributed by atoms with van der Waals surface area (Å²) in [6.07, 6.45) is 1.82. The molecule has 1 fully saturated rings. The summed E-state index contributed by atoms with van der Waals surface area (Å²) in [5.41, 5.74) is 0.0663. The van der Waals surface area contributed by atoms with Crippen molar-refractivity contribution in [3.8, 4) is 0 Å². The van der Waals surface area contributed by atoms with Gasteiger partial charge in [-0.25, -0.2) is 8.42 Å². The van der Waals surface area contributed by atoms with Crippen LogP contribution in [-0.2, 0) is 9.84 Å². The summed E-state index contributed by atoms with van der Waals surface area (Å²) in [4.78, 5) is 12.5. The molecule has 0 aliphatic carbocycles. The van der Waals surface area contributed by atoms with Crippen molar-refractivity contribution in [2.45, 2.75) is 24.3 Å². The first-order valence-electron chi connectivity index (χ1n) is 6.81. The second kappa shape index (κ2) is 5.98. The van der Waals surface area contributed by atoms with E-state index >= 15 is 0 Å². The molecule has 0 radical (unpaired) electrons. The van der Waals surface area contributed by atoms with Gasteiger partial charge in [-0.15, -0.1) is 0 Å². The van der Waals surface area contributed by atoms with E-state index in [2.05, 4.69) is 5.32 Å². The fraction of sp³-hybridized carbons (Fsp3) is 0.538. The van der Waals surface area contributed by atoms with Crippen LogP contribution in [0.25, 0.3) is 0 Å². The Morgan fingerprint density at radius 1 is 1.43 bits per heavy atom. The molecular weight excluding hydrogens is 294 g/mol. The van der Waals surface area contributed by atoms with Crippen LogP contribution < -0.4 is 10.2 Å². The molecule has 116 valence electrons. The summed E-state index contributed by atoms with van der Waals surface area (Å²) >= 11 is 0. The summed E-state index contributed by atoms with van der Waals surface area (Å²) in [6, 6.07) is 4.65. The Bertz CT molecular complexity index is 641. The number of benzene rings is 1. The van der Waals surface area contributed by atoms with Gasteiger partial charge in [0, 0.05) is 25.9 Å².